The van der Waals surface area contributed by atoms with Gasteiger partial charge in [-0.15, -0.1) is 0 Å². The molecular weight excluding hydrogens is 256 g/mol. The van der Waals surface area contributed by atoms with Crippen LogP contribution >= 0.6 is 0 Å². The highest BCUT2D eigenvalue weighted by Gasteiger charge is 2.15. The monoisotopic (exact) mass is 276 g/mol. The van der Waals surface area contributed by atoms with Crippen LogP contribution in [0.25, 0.3) is 0 Å². The first-order chi connectivity index (χ1) is 9.30. The summed E-state index contributed by atoms with van der Waals surface area (Å²) in [6, 6.07) is 7.00. The lowest BCUT2D eigenvalue weighted by atomic mass is 10.1. The highest BCUT2D eigenvalue weighted by atomic mass is 16.6. The number of carbonyl (C=O) groups is 2. The molecule has 0 fully saturated rings. The Morgan fingerprint density at radius 3 is 2.30 bits per heavy atom. The molecule has 0 spiro atoms. The van der Waals surface area contributed by atoms with Crippen molar-refractivity contribution in [3.63, 3.8) is 0 Å². The molecule has 0 saturated heterocycles. The van der Waals surface area contributed by atoms with Crippen LogP contribution in [-0.4, -0.2) is 17.5 Å². The second kappa shape index (κ2) is 6.89. The summed E-state index contributed by atoms with van der Waals surface area (Å²) >= 11 is 0. The number of benzene rings is 1. The summed E-state index contributed by atoms with van der Waals surface area (Å²) in [6.07, 6.45) is 2.02. The first-order valence-corrected chi connectivity index (χ1v) is 6.45. The summed E-state index contributed by atoms with van der Waals surface area (Å²) < 4.78 is 10.2. The van der Waals surface area contributed by atoms with Crippen molar-refractivity contribution in [3.05, 3.63) is 42.5 Å². The normalized spacial score (nSPS) is 10.8. The molecule has 0 aliphatic carbocycles. The van der Waals surface area contributed by atoms with Gasteiger partial charge in [-0.2, -0.15) is 0 Å². The van der Waals surface area contributed by atoms with Crippen LogP contribution in [0.2, 0.25) is 0 Å². The predicted octanol–water partition coefficient (Wildman–Crippen LogP) is 3.05. The van der Waals surface area contributed by atoms with Crippen LogP contribution in [0, 0.1) is 0 Å². The van der Waals surface area contributed by atoms with Gasteiger partial charge < -0.3 is 9.47 Å². The second-order valence-electron chi connectivity index (χ2n) is 5.36. The minimum atomic E-state index is -0.494. The molecule has 0 aliphatic heterocycles. The second-order valence-corrected chi connectivity index (χ2v) is 5.36. The van der Waals surface area contributed by atoms with Crippen molar-refractivity contribution in [2.45, 2.75) is 39.2 Å². The Morgan fingerprint density at radius 2 is 1.80 bits per heavy atom. The molecule has 0 aliphatic rings. The third-order valence-corrected chi connectivity index (χ3v) is 2.35. The van der Waals surface area contributed by atoms with E-state index in [0.29, 0.717) is 18.6 Å². The van der Waals surface area contributed by atoms with E-state index in [9.17, 15) is 9.59 Å². The highest BCUT2D eigenvalue weighted by Crippen LogP contribution is 2.15. The lowest BCUT2D eigenvalue weighted by molar-refractivity contribution is -0.154. The minimum absolute atomic E-state index is 0.223. The average Bonchev–Trinajstić information content (AvgIpc) is 2.36. The van der Waals surface area contributed by atoms with E-state index in [4.69, 9.17) is 9.47 Å². The van der Waals surface area contributed by atoms with Gasteiger partial charge >= 0.3 is 11.9 Å². The Labute approximate surface area is 119 Å². The lowest BCUT2D eigenvalue weighted by Gasteiger charge is -2.19. The summed E-state index contributed by atoms with van der Waals surface area (Å²) in [5, 5.41) is 0. The quantitative estimate of drug-likeness (QED) is 0.471. The van der Waals surface area contributed by atoms with Gasteiger partial charge in [0.2, 0.25) is 0 Å². The molecule has 0 aromatic heterocycles. The van der Waals surface area contributed by atoms with Crippen molar-refractivity contribution >= 4 is 11.9 Å². The fourth-order valence-electron chi connectivity index (χ4n) is 1.52. The molecule has 4 heteroatoms. The maximum Gasteiger partial charge on any atom is 0.335 e. The summed E-state index contributed by atoms with van der Waals surface area (Å²) in [4.78, 5) is 22.6. The molecule has 0 unspecified atom stereocenters. The smallest absolute Gasteiger partial charge is 0.335 e. The molecule has 20 heavy (non-hydrogen) atoms. The molecule has 4 nitrogen and oxygen atoms in total. The Bertz CT molecular complexity index is 480. The Morgan fingerprint density at radius 1 is 1.20 bits per heavy atom. The fraction of sp³-hybridized carbons (Fsp3) is 0.375. The van der Waals surface area contributed by atoms with Crippen LogP contribution in [0.5, 0.6) is 5.75 Å². The fourth-order valence-corrected chi connectivity index (χ4v) is 1.52. The van der Waals surface area contributed by atoms with Gasteiger partial charge in [0.15, 0.2) is 0 Å². The summed E-state index contributed by atoms with van der Waals surface area (Å²) in [5.74, 6) is -0.262. The van der Waals surface area contributed by atoms with Crippen LogP contribution in [-0.2, 0) is 20.7 Å². The van der Waals surface area contributed by atoms with Crippen LogP contribution in [0.4, 0.5) is 0 Å². The van der Waals surface area contributed by atoms with E-state index < -0.39 is 11.6 Å². The van der Waals surface area contributed by atoms with Crippen LogP contribution in [0.15, 0.2) is 36.9 Å². The van der Waals surface area contributed by atoms with Gasteiger partial charge in [0.05, 0.1) is 0 Å². The summed E-state index contributed by atoms with van der Waals surface area (Å²) in [7, 11) is 0. The van der Waals surface area contributed by atoms with Gasteiger partial charge in [-0.1, -0.05) is 18.7 Å². The van der Waals surface area contributed by atoms with Gasteiger partial charge in [-0.05, 0) is 44.9 Å². The maximum absolute atomic E-state index is 11.6. The zero-order valence-corrected chi connectivity index (χ0v) is 12.1. The molecule has 0 N–H and O–H groups in total. The molecule has 0 saturated carbocycles. The van der Waals surface area contributed by atoms with Gasteiger partial charge in [0.1, 0.15) is 11.4 Å². The van der Waals surface area contributed by atoms with E-state index in [1.54, 1.807) is 12.1 Å². The van der Waals surface area contributed by atoms with E-state index >= 15 is 0 Å². The van der Waals surface area contributed by atoms with Crippen LogP contribution < -0.4 is 4.74 Å². The van der Waals surface area contributed by atoms with Crippen molar-refractivity contribution in [1.29, 1.82) is 0 Å². The molecular formula is C16H20O4. The van der Waals surface area contributed by atoms with Crippen molar-refractivity contribution in [3.8, 4) is 5.75 Å². The third-order valence-electron chi connectivity index (χ3n) is 2.35. The number of carbonyl (C=O) groups excluding carboxylic acids is 2. The van der Waals surface area contributed by atoms with Crippen molar-refractivity contribution in [2.24, 2.45) is 0 Å². The molecule has 0 atom stereocenters. The zero-order valence-electron chi connectivity index (χ0n) is 12.1. The van der Waals surface area contributed by atoms with Gasteiger partial charge in [0, 0.05) is 12.5 Å². The van der Waals surface area contributed by atoms with Crippen molar-refractivity contribution in [1.82, 2.24) is 0 Å². The lowest BCUT2D eigenvalue weighted by Crippen LogP contribution is -2.23. The third kappa shape index (κ3) is 6.18. The van der Waals surface area contributed by atoms with Crippen LogP contribution in [0.3, 0.4) is 0 Å². The number of hydrogen-bond donors (Lipinski definition) is 0. The number of rotatable bonds is 5. The SMILES string of the molecule is C=CC(=O)Oc1ccc(CCC(=O)OC(C)(C)C)cc1. The first-order valence-electron chi connectivity index (χ1n) is 6.45. The van der Waals surface area contributed by atoms with E-state index in [2.05, 4.69) is 6.58 Å². The Kier molecular flexibility index (Phi) is 5.50. The number of esters is 2. The molecule has 0 radical (unpaired) electrons. The number of aryl methyl sites for hydroxylation is 1. The van der Waals surface area contributed by atoms with Crippen molar-refractivity contribution in [2.75, 3.05) is 0 Å². The molecule has 108 valence electrons. The largest absolute Gasteiger partial charge is 0.460 e. The molecule has 1 rings (SSSR count). The zero-order chi connectivity index (χ0) is 15.2. The van der Waals surface area contributed by atoms with Crippen LogP contribution in [0.1, 0.15) is 32.8 Å². The predicted molar refractivity (Wildman–Crippen MR) is 76.4 cm³/mol. The van der Waals surface area contributed by atoms with E-state index in [1.807, 2.05) is 32.9 Å². The number of ether oxygens (including phenoxy) is 2. The molecule has 0 amide bonds. The molecule has 1 aromatic rings. The summed E-state index contributed by atoms with van der Waals surface area (Å²) in [5.41, 5.74) is 0.522. The molecule has 1 aromatic carbocycles. The van der Waals surface area contributed by atoms with E-state index in [-0.39, 0.29) is 5.97 Å². The topological polar surface area (TPSA) is 52.6 Å². The molecule has 0 heterocycles. The Hall–Kier alpha value is -2.10. The maximum atomic E-state index is 11.6. The summed E-state index contributed by atoms with van der Waals surface area (Å²) in [6.45, 7) is 8.85. The van der Waals surface area contributed by atoms with Gasteiger partial charge in [-0.25, -0.2) is 4.79 Å². The standard InChI is InChI=1S/C16H20O4/c1-5-14(17)19-13-9-6-12(7-10-13)8-11-15(18)20-16(2,3)4/h5-7,9-10H,1,8,11H2,2-4H3. The van der Waals surface area contributed by atoms with E-state index in [0.717, 1.165) is 11.6 Å². The van der Waals surface area contributed by atoms with Crippen molar-refractivity contribution < 1.29 is 19.1 Å². The average molecular weight is 276 g/mol. The number of hydrogen-bond acceptors (Lipinski definition) is 4. The molecule has 0 bridgehead atoms. The van der Waals surface area contributed by atoms with Gasteiger partial charge in [0.25, 0.3) is 0 Å². The highest BCUT2D eigenvalue weighted by molar-refractivity contribution is 5.83. The first kappa shape index (κ1) is 16.0. The minimum Gasteiger partial charge on any atom is -0.460 e. The Balaban J connectivity index is 2.48. The van der Waals surface area contributed by atoms with Gasteiger partial charge in [-0.3, -0.25) is 4.79 Å². The van der Waals surface area contributed by atoms with E-state index in [1.165, 1.54) is 0 Å².